The summed E-state index contributed by atoms with van der Waals surface area (Å²) in [5.41, 5.74) is 1.97. The molecule has 2 amide bonds. The number of rotatable bonds is 5. The molecule has 1 fully saturated rings. The van der Waals surface area contributed by atoms with E-state index in [9.17, 15) is 14.0 Å². The highest BCUT2D eigenvalue weighted by molar-refractivity contribution is 6.02. The lowest BCUT2D eigenvalue weighted by Gasteiger charge is -2.31. The molecule has 2 aromatic carbocycles. The second-order valence-corrected chi connectivity index (χ2v) is 7.16. The van der Waals surface area contributed by atoms with Gasteiger partial charge in [0.15, 0.2) is 0 Å². The summed E-state index contributed by atoms with van der Waals surface area (Å²) in [4.78, 5) is 26.5. The summed E-state index contributed by atoms with van der Waals surface area (Å²) in [6.45, 7) is 0. The van der Waals surface area contributed by atoms with Gasteiger partial charge in [-0.2, -0.15) is 0 Å². The highest BCUT2D eigenvalue weighted by Crippen LogP contribution is 2.23. The molecule has 0 unspecified atom stereocenters. The van der Waals surface area contributed by atoms with Crippen LogP contribution < -0.4 is 5.32 Å². The summed E-state index contributed by atoms with van der Waals surface area (Å²) < 4.78 is 12.9. The van der Waals surface area contributed by atoms with Crippen LogP contribution in [0.4, 0.5) is 10.1 Å². The summed E-state index contributed by atoms with van der Waals surface area (Å²) in [6, 6.07) is 13.1. The van der Waals surface area contributed by atoms with Gasteiger partial charge >= 0.3 is 0 Å². The molecule has 0 heterocycles. The second-order valence-electron chi connectivity index (χ2n) is 7.16. The van der Waals surface area contributed by atoms with E-state index in [1.54, 1.807) is 42.5 Å². The van der Waals surface area contributed by atoms with E-state index in [1.165, 1.54) is 37.5 Å². The van der Waals surface area contributed by atoms with Crippen LogP contribution in [0.3, 0.4) is 0 Å². The topological polar surface area (TPSA) is 49.4 Å². The molecule has 0 spiro atoms. The van der Waals surface area contributed by atoms with Gasteiger partial charge in [0.2, 0.25) is 5.91 Å². The number of amides is 2. The maximum Gasteiger partial charge on any atom is 0.253 e. The zero-order valence-electron chi connectivity index (χ0n) is 16.0. The number of carbonyl (C=O) groups is 2. The third-order valence-electron chi connectivity index (χ3n) is 5.14. The van der Waals surface area contributed by atoms with E-state index in [2.05, 4.69) is 5.32 Å². The van der Waals surface area contributed by atoms with Gasteiger partial charge in [0, 0.05) is 30.4 Å². The summed E-state index contributed by atoms with van der Waals surface area (Å²) in [6.07, 6.45) is 8.75. The minimum Gasteiger partial charge on any atom is -0.339 e. The van der Waals surface area contributed by atoms with Crippen LogP contribution in [0.15, 0.2) is 54.6 Å². The number of hydrogen-bond donors (Lipinski definition) is 1. The van der Waals surface area contributed by atoms with Crippen molar-refractivity contribution in [3.63, 3.8) is 0 Å². The molecule has 1 N–H and O–H groups in total. The van der Waals surface area contributed by atoms with E-state index in [4.69, 9.17) is 0 Å². The van der Waals surface area contributed by atoms with Gasteiger partial charge in [-0.25, -0.2) is 4.39 Å². The first kappa shape index (κ1) is 19.8. The summed E-state index contributed by atoms with van der Waals surface area (Å²) in [5, 5.41) is 2.76. The van der Waals surface area contributed by atoms with Crippen molar-refractivity contribution in [2.75, 3.05) is 12.4 Å². The summed E-state index contributed by atoms with van der Waals surface area (Å²) in [7, 11) is 1.87. The molecule has 0 aromatic heterocycles. The SMILES string of the molecule is CN(C(=O)c1ccc(NC(=O)/C=C/c2ccc(F)cc2)cc1)C1CCCCC1. The third kappa shape index (κ3) is 5.28. The molecule has 0 aliphatic heterocycles. The van der Waals surface area contributed by atoms with Crippen molar-refractivity contribution in [2.45, 2.75) is 38.1 Å². The van der Waals surface area contributed by atoms with Gasteiger partial charge in [0.25, 0.3) is 5.91 Å². The Morgan fingerprint density at radius 1 is 1.00 bits per heavy atom. The molecule has 1 aliphatic rings. The van der Waals surface area contributed by atoms with E-state index in [1.807, 2.05) is 11.9 Å². The Kier molecular flexibility index (Phi) is 6.58. The molecule has 0 radical (unpaired) electrons. The Morgan fingerprint density at radius 3 is 2.29 bits per heavy atom. The molecule has 5 heteroatoms. The van der Waals surface area contributed by atoms with Crippen molar-refractivity contribution in [1.82, 2.24) is 4.90 Å². The van der Waals surface area contributed by atoms with Crippen molar-refractivity contribution >= 4 is 23.6 Å². The highest BCUT2D eigenvalue weighted by atomic mass is 19.1. The summed E-state index contributed by atoms with van der Waals surface area (Å²) >= 11 is 0. The quantitative estimate of drug-likeness (QED) is 0.752. The van der Waals surface area contributed by atoms with Gasteiger partial charge in [0.05, 0.1) is 0 Å². The molecule has 146 valence electrons. The lowest BCUT2D eigenvalue weighted by molar-refractivity contribution is -0.111. The zero-order chi connectivity index (χ0) is 19.9. The molecular weight excluding hydrogens is 355 g/mol. The smallest absolute Gasteiger partial charge is 0.253 e. The van der Waals surface area contributed by atoms with Crippen molar-refractivity contribution in [1.29, 1.82) is 0 Å². The molecule has 2 aromatic rings. The Hall–Kier alpha value is -2.95. The molecule has 1 saturated carbocycles. The van der Waals surface area contributed by atoms with Gasteiger partial charge < -0.3 is 10.2 Å². The van der Waals surface area contributed by atoms with Crippen LogP contribution in [0.5, 0.6) is 0 Å². The lowest BCUT2D eigenvalue weighted by Crippen LogP contribution is -2.38. The molecule has 1 aliphatic carbocycles. The number of anilines is 1. The van der Waals surface area contributed by atoms with Crippen molar-refractivity contribution in [2.24, 2.45) is 0 Å². The number of halogens is 1. The number of nitrogens with zero attached hydrogens (tertiary/aromatic N) is 1. The fourth-order valence-corrected chi connectivity index (χ4v) is 3.46. The first-order valence-electron chi connectivity index (χ1n) is 9.65. The van der Waals surface area contributed by atoms with Crippen molar-refractivity contribution in [3.8, 4) is 0 Å². The monoisotopic (exact) mass is 380 g/mol. The van der Waals surface area contributed by atoms with Crippen molar-refractivity contribution in [3.05, 3.63) is 71.6 Å². The minimum atomic E-state index is -0.314. The highest BCUT2D eigenvalue weighted by Gasteiger charge is 2.22. The predicted octanol–water partition coefficient (Wildman–Crippen LogP) is 4.88. The lowest BCUT2D eigenvalue weighted by atomic mass is 9.94. The fourth-order valence-electron chi connectivity index (χ4n) is 3.46. The van der Waals surface area contributed by atoms with Crippen molar-refractivity contribution < 1.29 is 14.0 Å². The molecule has 0 atom stereocenters. The Bertz CT molecular complexity index is 838. The normalized spacial score (nSPS) is 14.8. The molecule has 3 rings (SSSR count). The third-order valence-corrected chi connectivity index (χ3v) is 5.14. The maximum atomic E-state index is 12.9. The van der Waals surface area contributed by atoms with Crippen LogP contribution in [0.1, 0.15) is 48.0 Å². The molecule has 28 heavy (non-hydrogen) atoms. The standard InChI is InChI=1S/C23H25FN2O2/c1-26(21-5-3-2-4-6-21)23(28)18-10-14-20(15-11-18)25-22(27)16-9-17-7-12-19(24)13-8-17/h7-16,21H,2-6H2,1H3,(H,25,27)/b16-9+. The van der Waals surface area contributed by atoms with Gasteiger partial charge in [-0.3, -0.25) is 9.59 Å². The van der Waals surface area contributed by atoms with Crippen LogP contribution in [0.2, 0.25) is 0 Å². The Morgan fingerprint density at radius 2 is 1.64 bits per heavy atom. The Balaban J connectivity index is 1.56. The van der Waals surface area contributed by atoms with Crippen LogP contribution >= 0.6 is 0 Å². The second kappa shape index (κ2) is 9.31. The summed E-state index contributed by atoms with van der Waals surface area (Å²) in [5.74, 6) is -0.589. The molecule has 0 bridgehead atoms. The zero-order valence-corrected chi connectivity index (χ0v) is 16.0. The Labute approximate surface area is 165 Å². The van der Waals surface area contributed by atoms with Gasteiger partial charge in [-0.15, -0.1) is 0 Å². The van der Waals surface area contributed by atoms with E-state index >= 15 is 0 Å². The van der Waals surface area contributed by atoms with E-state index < -0.39 is 0 Å². The fraction of sp³-hybridized carbons (Fsp3) is 0.304. The van der Waals surface area contributed by atoms with E-state index in [-0.39, 0.29) is 17.6 Å². The van der Waals surface area contributed by atoms with E-state index in [0.717, 1.165) is 18.4 Å². The average Bonchev–Trinajstić information content (AvgIpc) is 2.73. The largest absolute Gasteiger partial charge is 0.339 e. The minimum absolute atomic E-state index is 0.0148. The van der Waals surface area contributed by atoms with Crippen LogP contribution in [-0.2, 0) is 4.79 Å². The van der Waals surface area contributed by atoms with Gasteiger partial charge in [0.1, 0.15) is 5.82 Å². The number of carbonyl (C=O) groups excluding carboxylic acids is 2. The maximum absolute atomic E-state index is 12.9. The number of benzene rings is 2. The van der Waals surface area contributed by atoms with Gasteiger partial charge in [-0.05, 0) is 60.9 Å². The first-order valence-corrected chi connectivity index (χ1v) is 9.65. The number of hydrogen-bond acceptors (Lipinski definition) is 2. The first-order chi connectivity index (χ1) is 13.5. The molecule has 0 saturated heterocycles. The predicted molar refractivity (Wildman–Crippen MR) is 109 cm³/mol. The van der Waals surface area contributed by atoms with Crippen LogP contribution in [0, 0.1) is 5.82 Å². The number of nitrogens with one attached hydrogen (secondary N) is 1. The molecule has 4 nitrogen and oxygen atoms in total. The van der Waals surface area contributed by atoms with Crippen LogP contribution in [-0.4, -0.2) is 29.8 Å². The van der Waals surface area contributed by atoms with E-state index in [0.29, 0.717) is 17.3 Å². The molecular formula is C23H25FN2O2. The van der Waals surface area contributed by atoms with Gasteiger partial charge in [-0.1, -0.05) is 31.4 Å². The van der Waals surface area contributed by atoms with Crippen LogP contribution in [0.25, 0.3) is 6.08 Å². The average molecular weight is 380 g/mol.